The summed E-state index contributed by atoms with van der Waals surface area (Å²) in [7, 11) is 0. The third-order valence-electron chi connectivity index (χ3n) is 5.33. The molecular weight excluding hydrogens is 400 g/mol. The van der Waals surface area contributed by atoms with Gasteiger partial charge in [0.05, 0.1) is 0 Å². The van der Waals surface area contributed by atoms with Crippen LogP contribution in [-0.2, 0) is 16.0 Å². The predicted octanol–water partition coefficient (Wildman–Crippen LogP) is 3.17. The minimum atomic E-state index is -0.629. The van der Waals surface area contributed by atoms with Gasteiger partial charge in [-0.05, 0) is 61.3 Å². The first-order valence-electron chi connectivity index (χ1n) is 10.5. The van der Waals surface area contributed by atoms with E-state index in [9.17, 15) is 9.59 Å². The van der Waals surface area contributed by atoms with Crippen molar-refractivity contribution in [3.63, 3.8) is 0 Å². The Morgan fingerprint density at radius 1 is 0.933 bits per heavy atom. The van der Waals surface area contributed by atoms with Gasteiger partial charge >= 0.3 is 11.8 Å². The van der Waals surface area contributed by atoms with E-state index in [1.807, 2.05) is 36.4 Å². The summed E-state index contributed by atoms with van der Waals surface area (Å²) >= 11 is 5.96. The third-order valence-corrected chi connectivity index (χ3v) is 5.58. The fourth-order valence-corrected chi connectivity index (χ4v) is 3.60. The average molecular weight is 429 g/mol. The number of nitrogens with one attached hydrogen (secondary N) is 2. The van der Waals surface area contributed by atoms with E-state index in [2.05, 4.69) is 39.5 Å². The van der Waals surface area contributed by atoms with Crippen LogP contribution in [0.1, 0.15) is 18.9 Å². The van der Waals surface area contributed by atoms with Crippen LogP contribution in [-0.4, -0.2) is 56.0 Å². The largest absolute Gasteiger partial charge is 0.369 e. The molecule has 0 atom stereocenters. The van der Waals surface area contributed by atoms with Crippen LogP contribution < -0.4 is 15.5 Å². The van der Waals surface area contributed by atoms with E-state index in [4.69, 9.17) is 11.6 Å². The number of rotatable bonds is 7. The normalized spacial score (nSPS) is 14.4. The zero-order valence-electron chi connectivity index (χ0n) is 17.4. The molecule has 1 fully saturated rings. The number of amides is 2. The molecule has 2 aromatic rings. The highest BCUT2D eigenvalue weighted by atomic mass is 35.5. The summed E-state index contributed by atoms with van der Waals surface area (Å²) in [5, 5.41) is 6.09. The van der Waals surface area contributed by atoms with Crippen molar-refractivity contribution in [1.29, 1.82) is 0 Å². The van der Waals surface area contributed by atoms with E-state index in [1.165, 1.54) is 11.3 Å². The molecular formula is C23H29ClN4O2. The summed E-state index contributed by atoms with van der Waals surface area (Å²) in [6.45, 7) is 7.34. The molecule has 6 nitrogen and oxygen atoms in total. The lowest BCUT2D eigenvalue weighted by Gasteiger charge is -2.36. The molecule has 160 valence electrons. The Balaban J connectivity index is 1.31. The molecule has 2 amide bonds. The Labute approximate surface area is 183 Å². The van der Waals surface area contributed by atoms with Crippen molar-refractivity contribution in [2.75, 3.05) is 49.5 Å². The molecule has 0 unspecified atom stereocenters. The first kappa shape index (κ1) is 22.1. The number of hydrogen-bond acceptors (Lipinski definition) is 4. The lowest BCUT2D eigenvalue weighted by Crippen LogP contribution is -2.47. The van der Waals surface area contributed by atoms with E-state index >= 15 is 0 Å². The highest BCUT2D eigenvalue weighted by Gasteiger charge is 2.17. The first-order valence-corrected chi connectivity index (χ1v) is 10.8. The smallest absolute Gasteiger partial charge is 0.313 e. The molecule has 2 N–H and O–H groups in total. The maximum Gasteiger partial charge on any atom is 0.313 e. The van der Waals surface area contributed by atoms with E-state index in [1.54, 1.807) is 0 Å². The zero-order chi connectivity index (χ0) is 21.3. The Morgan fingerprint density at radius 3 is 2.23 bits per heavy atom. The SMILES string of the molecule is CCc1ccc(NC(=O)C(=O)NCCCN2CCN(c3ccc(Cl)cc3)CC2)cc1. The van der Waals surface area contributed by atoms with Crippen molar-refractivity contribution in [3.8, 4) is 0 Å². The average Bonchev–Trinajstić information content (AvgIpc) is 2.78. The standard InChI is InChI=1S/C23H29ClN4O2/c1-2-18-4-8-20(9-5-18)26-23(30)22(29)25-12-3-13-27-14-16-28(17-15-27)21-10-6-19(24)7-11-21/h4-11H,2-3,12-17H2,1H3,(H,25,29)(H,26,30). The van der Waals surface area contributed by atoms with Crippen LogP contribution >= 0.6 is 11.6 Å². The summed E-state index contributed by atoms with van der Waals surface area (Å²) in [5.41, 5.74) is 3.01. The minimum absolute atomic E-state index is 0.485. The molecule has 1 aliphatic rings. The van der Waals surface area contributed by atoms with Gasteiger partial charge in [-0.3, -0.25) is 14.5 Å². The second-order valence-electron chi connectivity index (χ2n) is 7.42. The second kappa shape index (κ2) is 11.0. The van der Waals surface area contributed by atoms with E-state index < -0.39 is 11.8 Å². The van der Waals surface area contributed by atoms with Crippen LogP contribution in [0.4, 0.5) is 11.4 Å². The van der Waals surface area contributed by atoms with E-state index in [-0.39, 0.29) is 0 Å². The summed E-state index contributed by atoms with van der Waals surface area (Å²) in [4.78, 5) is 28.7. The fourth-order valence-electron chi connectivity index (χ4n) is 3.48. The van der Waals surface area contributed by atoms with Crippen molar-refractivity contribution in [3.05, 3.63) is 59.1 Å². The Bertz CT molecular complexity index is 831. The van der Waals surface area contributed by atoms with Crippen LogP contribution in [0.5, 0.6) is 0 Å². The van der Waals surface area contributed by atoms with Gasteiger partial charge < -0.3 is 15.5 Å². The van der Waals surface area contributed by atoms with E-state index in [0.717, 1.165) is 50.6 Å². The van der Waals surface area contributed by atoms with Gasteiger partial charge in [0.25, 0.3) is 0 Å². The number of anilines is 2. The minimum Gasteiger partial charge on any atom is -0.369 e. The quantitative estimate of drug-likeness (QED) is 0.525. The van der Waals surface area contributed by atoms with Gasteiger partial charge in [0.15, 0.2) is 0 Å². The van der Waals surface area contributed by atoms with Crippen LogP contribution in [0.2, 0.25) is 5.02 Å². The fraction of sp³-hybridized carbons (Fsp3) is 0.391. The summed E-state index contributed by atoms with van der Waals surface area (Å²) in [5.74, 6) is -1.22. The van der Waals surface area contributed by atoms with Crippen molar-refractivity contribution in [2.24, 2.45) is 0 Å². The molecule has 30 heavy (non-hydrogen) atoms. The molecule has 0 aliphatic carbocycles. The summed E-state index contributed by atoms with van der Waals surface area (Å²) < 4.78 is 0. The van der Waals surface area contributed by atoms with Crippen LogP contribution in [0.3, 0.4) is 0 Å². The summed E-state index contributed by atoms with van der Waals surface area (Å²) in [6, 6.07) is 15.5. The van der Waals surface area contributed by atoms with Crippen LogP contribution in [0.15, 0.2) is 48.5 Å². The monoisotopic (exact) mass is 428 g/mol. The third kappa shape index (κ3) is 6.47. The van der Waals surface area contributed by atoms with Crippen molar-refractivity contribution < 1.29 is 9.59 Å². The highest BCUT2D eigenvalue weighted by Crippen LogP contribution is 2.19. The number of carbonyl (C=O) groups is 2. The van der Waals surface area contributed by atoms with Crippen molar-refractivity contribution in [1.82, 2.24) is 10.2 Å². The zero-order valence-corrected chi connectivity index (χ0v) is 18.1. The molecule has 3 rings (SSSR count). The highest BCUT2D eigenvalue weighted by molar-refractivity contribution is 6.39. The maximum atomic E-state index is 12.0. The molecule has 0 saturated carbocycles. The molecule has 1 aliphatic heterocycles. The second-order valence-corrected chi connectivity index (χ2v) is 7.86. The number of benzene rings is 2. The topological polar surface area (TPSA) is 64.7 Å². The first-order chi connectivity index (χ1) is 14.5. The van der Waals surface area contributed by atoms with E-state index in [0.29, 0.717) is 12.2 Å². The number of nitrogens with zero attached hydrogens (tertiary/aromatic N) is 2. The lowest BCUT2D eigenvalue weighted by atomic mass is 10.1. The predicted molar refractivity (Wildman–Crippen MR) is 122 cm³/mol. The lowest BCUT2D eigenvalue weighted by molar-refractivity contribution is -0.136. The van der Waals surface area contributed by atoms with Gasteiger partial charge in [-0.25, -0.2) is 0 Å². The maximum absolute atomic E-state index is 12.0. The van der Waals surface area contributed by atoms with Crippen molar-refractivity contribution >= 4 is 34.8 Å². The van der Waals surface area contributed by atoms with Gasteiger partial charge in [-0.2, -0.15) is 0 Å². The van der Waals surface area contributed by atoms with Gasteiger partial charge in [0.1, 0.15) is 0 Å². The van der Waals surface area contributed by atoms with Gasteiger partial charge in [0.2, 0.25) is 0 Å². The van der Waals surface area contributed by atoms with Gasteiger partial charge in [-0.15, -0.1) is 0 Å². The Morgan fingerprint density at radius 2 is 1.60 bits per heavy atom. The molecule has 2 aromatic carbocycles. The van der Waals surface area contributed by atoms with Gasteiger partial charge in [-0.1, -0.05) is 30.7 Å². The molecule has 7 heteroatoms. The Hall–Kier alpha value is -2.57. The Kier molecular flexibility index (Phi) is 8.11. The van der Waals surface area contributed by atoms with Crippen LogP contribution in [0, 0.1) is 0 Å². The number of aryl methyl sites for hydroxylation is 1. The molecule has 0 radical (unpaired) electrons. The van der Waals surface area contributed by atoms with Crippen molar-refractivity contribution in [2.45, 2.75) is 19.8 Å². The molecule has 0 aromatic heterocycles. The molecule has 1 saturated heterocycles. The van der Waals surface area contributed by atoms with Gasteiger partial charge in [0, 0.05) is 49.1 Å². The van der Waals surface area contributed by atoms with Crippen LogP contribution in [0.25, 0.3) is 0 Å². The molecule has 0 bridgehead atoms. The number of halogens is 1. The number of piperazine rings is 1. The number of carbonyl (C=O) groups excluding carboxylic acids is 2. The molecule has 0 spiro atoms. The number of hydrogen-bond donors (Lipinski definition) is 2. The molecule has 1 heterocycles. The summed E-state index contributed by atoms with van der Waals surface area (Å²) in [6.07, 6.45) is 1.75.